The van der Waals surface area contributed by atoms with Gasteiger partial charge in [0.1, 0.15) is 0 Å². The van der Waals surface area contributed by atoms with E-state index >= 15 is 0 Å². The monoisotopic (exact) mass is 404 g/mol. The maximum atomic E-state index is 5.42. The molecule has 0 aliphatic carbocycles. The number of hydrogen-bond donors (Lipinski definition) is 0. The average Bonchev–Trinajstić information content (AvgIpc) is 2.97. The molecule has 7 heteroatoms. The number of alkyl halides is 1. The van der Waals surface area contributed by atoms with Crippen LogP contribution in [0.5, 0.6) is 0 Å². The number of hydrogen-bond acceptors (Lipinski definition) is 6. The molecule has 0 radical (unpaired) electrons. The van der Waals surface area contributed by atoms with Crippen molar-refractivity contribution >= 4 is 22.6 Å². The molecule has 0 saturated carbocycles. The van der Waals surface area contributed by atoms with Crippen molar-refractivity contribution in [3.63, 3.8) is 0 Å². The summed E-state index contributed by atoms with van der Waals surface area (Å²) in [6, 6.07) is 0. The highest BCUT2D eigenvalue weighted by molar-refractivity contribution is 14.1. The van der Waals surface area contributed by atoms with Gasteiger partial charge in [0.05, 0.1) is 66.1 Å². The van der Waals surface area contributed by atoms with Gasteiger partial charge in [-0.25, -0.2) is 0 Å². The molecule has 6 nitrogen and oxygen atoms in total. The van der Waals surface area contributed by atoms with Crippen molar-refractivity contribution in [1.82, 2.24) is 0 Å². The van der Waals surface area contributed by atoms with Crippen LogP contribution >= 0.6 is 22.6 Å². The van der Waals surface area contributed by atoms with Crippen LogP contribution < -0.4 is 0 Å². The molecule has 1 aliphatic heterocycles. The molecule has 120 valence electrons. The summed E-state index contributed by atoms with van der Waals surface area (Å²) in [5.74, 6) is 0. The van der Waals surface area contributed by atoms with Gasteiger partial charge in [0.2, 0.25) is 0 Å². The first kappa shape index (κ1) is 18.5. The van der Waals surface area contributed by atoms with E-state index in [1.807, 2.05) is 0 Å². The molecule has 0 aromatic rings. The molecule has 0 aromatic carbocycles. The second-order valence-electron chi connectivity index (χ2n) is 4.10. The third kappa shape index (κ3) is 11.2. The van der Waals surface area contributed by atoms with Crippen molar-refractivity contribution in [1.29, 1.82) is 0 Å². The second-order valence-corrected chi connectivity index (χ2v) is 5.18. The van der Waals surface area contributed by atoms with Crippen LogP contribution in [-0.4, -0.2) is 76.8 Å². The molecule has 0 bridgehead atoms. The van der Waals surface area contributed by atoms with Crippen molar-refractivity contribution < 1.29 is 28.4 Å². The summed E-state index contributed by atoms with van der Waals surface area (Å²) >= 11 is 2.28. The first-order chi connectivity index (χ1) is 9.93. The Labute approximate surface area is 134 Å². The molecule has 1 fully saturated rings. The van der Waals surface area contributed by atoms with Gasteiger partial charge in [-0.15, -0.1) is 0 Å². The molecule has 1 heterocycles. The van der Waals surface area contributed by atoms with Gasteiger partial charge >= 0.3 is 0 Å². The molecular formula is C13H25IO6. The van der Waals surface area contributed by atoms with Crippen LogP contribution in [0.1, 0.15) is 6.42 Å². The van der Waals surface area contributed by atoms with Gasteiger partial charge in [0.25, 0.3) is 0 Å². The first-order valence-electron chi connectivity index (χ1n) is 7.03. The molecule has 1 saturated heterocycles. The Hall–Kier alpha value is 0.490. The number of halogens is 1. The van der Waals surface area contributed by atoms with E-state index in [9.17, 15) is 0 Å². The highest BCUT2D eigenvalue weighted by Gasteiger charge is 2.14. The van der Waals surface area contributed by atoms with Gasteiger partial charge in [-0.2, -0.15) is 0 Å². The highest BCUT2D eigenvalue weighted by atomic mass is 127. The lowest BCUT2D eigenvalue weighted by molar-refractivity contribution is -0.0659. The number of ether oxygens (including phenoxy) is 6. The Balaban J connectivity index is 1.66. The summed E-state index contributed by atoms with van der Waals surface area (Å²) in [4.78, 5) is 0. The zero-order chi connectivity index (χ0) is 14.3. The summed E-state index contributed by atoms with van der Waals surface area (Å²) in [7, 11) is 0. The van der Waals surface area contributed by atoms with E-state index < -0.39 is 0 Å². The first-order valence-corrected chi connectivity index (χ1v) is 8.56. The lowest BCUT2D eigenvalue weighted by atomic mass is 10.4. The maximum absolute atomic E-state index is 5.42. The lowest BCUT2D eigenvalue weighted by Crippen LogP contribution is -2.14. The minimum Gasteiger partial charge on any atom is -0.379 e. The number of rotatable bonds is 14. The molecule has 0 atom stereocenters. The van der Waals surface area contributed by atoms with E-state index in [-0.39, 0.29) is 6.29 Å². The molecule has 1 rings (SSSR count). The zero-order valence-electron chi connectivity index (χ0n) is 11.9. The summed E-state index contributed by atoms with van der Waals surface area (Å²) < 4.78 is 33.0. The standard InChI is InChI=1S/C13H25IO6/c14-2-4-16-6-8-18-10-9-17-7-5-15-3-1-13-19-11-12-20-13/h13H,1-12H2. The van der Waals surface area contributed by atoms with Crippen LogP contribution in [0.25, 0.3) is 0 Å². The Kier molecular flexibility index (Phi) is 13.4. The van der Waals surface area contributed by atoms with Crippen LogP contribution in [0.4, 0.5) is 0 Å². The molecular weight excluding hydrogens is 379 g/mol. The Morgan fingerprint density at radius 2 is 1.15 bits per heavy atom. The van der Waals surface area contributed by atoms with Crippen molar-refractivity contribution in [2.75, 3.05) is 70.5 Å². The largest absolute Gasteiger partial charge is 0.379 e. The molecule has 1 aliphatic rings. The molecule has 0 unspecified atom stereocenters. The smallest absolute Gasteiger partial charge is 0.160 e. The topological polar surface area (TPSA) is 55.4 Å². The predicted octanol–water partition coefficient (Wildman–Crippen LogP) is 1.25. The normalized spacial score (nSPS) is 16.1. The van der Waals surface area contributed by atoms with Gasteiger partial charge in [0.15, 0.2) is 6.29 Å². The third-order valence-corrected chi connectivity index (χ3v) is 2.97. The molecule has 0 amide bonds. The van der Waals surface area contributed by atoms with Gasteiger partial charge < -0.3 is 28.4 Å². The van der Waals surface area contributed by atoms with Crippen molar-refractivity contribution in [2.45, 2.75) is 12.7 Å². The van der Waals surface area contributed by atoms with E-state index in [0.29, 0.717) is 59.5 Å². The maximum Gasteiger partial charge on any atom is 0.160 e. The Morgan fingerprint density at radius 3 is 1.65 bits per heavy atom. The Bertz CT molecular complexity index is 201. The van der Waals surface area contributed by atoms with Crippen LogP contribution in [0.15, 0.2) is 0 Å². The molecule has 0 spiro atoms. The molecule has 0 aromatic heterocycles. The van der Waals surface area contributed by atoms with E-state index in [2.05, 4.69) is 22.6 Å². The van der Waals surface area contributed by atoms with Gasteiger partial charge in [-0.1, -0.05) is 22.6 Å². The average molecular weight is 404 g/mol. The summed E-state index contributed by atoms with van der Waals surface area (Å²) in [6.45, 7) is 6.44. The Morgan fingerprint density at radius 1 is 0.700 bits per heavy atom. The highest BCUT2D eigenvalue weighted by Crippen LogP contribution is 2.07. The predicted molar refractivity (Wildman–Crippen MR) is 82.5 cm³/mol. The van der Waals surface area contributed by atoms with Crippen LogP contribution in [0.2, 0.25) is 0 Å². The zero-order valence-corrected chi connectivity index (χ0v) is 14.0. The minimum absolute atomic E-state index is 0.0845. The fourth-order valence-electron chi connectivity index (χ4n) is 1.57. The van der Waals surface area contributed by atoms with Crippen LogP contribution in [0, 0.1) is 0 Å². The van der Waals surface area contributed by atoms with E-state index in [0.717, 1.165) is 17.5 Å². The van der Waals surface area contributed by atoms with E-state index in [1.54, 1.807) is 0 Å². The van der Waals surface area contributed by atoms with Gasteiger partial charge in [-0.05, 0) is 0 Å². The van der Waals surface area contributed by atoms with Crippen LogP contribution in [-0.2, 0) is 28.4 Å². The molecule has 0 N–H and O–H groups in total. The summed E-state index contributed by atoms with van der Waals surface area (Å²) in [5, 5.41) is 0. The van der Waals surface area contributed by atoms with Crippen molar-refractivity contribution in [2.24, 2.45) is 0 Å². The fourth-order valence-corrected chi connectivity index (χ4v) is 1.88. The van der Waals surface area contributed by atoms with Crippen molar-refractivity contribution in [3.05, 3.63) is 0 Å². The quantitative estimate of drug-likeness (QED) is 0.247. The van der Waals surface area contributed by atoms with Crippen molar-refractivity contribution in [3.8, 4) is 0 Å². The van der Waals surface area contributed by atoms with Crippen LogP contribution in [0.3, 0.4) is 0 Å². The van der Waals surface area contributed by atoms with E-state index in [1.165, 1.54) is 0 Å². The lowest BCUT2D eigenvalue weighted by Gasteiger charge is -2.09. The van der Waals surface area contributed by atoms with E-state index in [4.69, 9.17) is 28.4 Å². The summed E-state index contributed by atoms with van der Waals surface area (Å²) in [5.41, 5.74) is 0. The summed E-state index contributed by atoms with van der Waals surface area (Å²) in [6.07, 6.45) is 0.694. The minimum atomic E-state index is -0.0845. The second kappa shape index (κ2) is 14.4. The van der Waals surface area contributed by atoms with Gasteiger partial charge in [0, 0.05) is 10.8 Å². The molecule has 20 heavy (non-hydrogen) atoms. The fraction of sp³-hybridized carbons (Fsp3) is 1.00. The third-order valence-electron chi connectivity index (χ3n) is 2.53. The SMILES string of the molecule is ICCOCCOCCOCCOCCC1OCCO1. The van der Waals surface area contributed by atoms with Gasteiger partial charge in [-0.3, -0.25) is 0 Å².